The third-order valence-electron chi connectivity index (χ3n) is 5.29. The van der Waals surface area contributed by atoms with Gasteiger partial charge in [-0.1, -0.05) is 25.5 Å². The number of hydrogen-bond donors (Lipinski definition) is 2. The van der Waals surface area contributed by atoms with Gasteiger partial charge >= 0.3 is 6.18 Å². The minimum absolute atomic E-state index is 0.248. The van der Waals surface area contributed by atoms with Crippen molar-refractivity contribution in [3.05, 3.63) is 64.9 Å². The molecule has 0 fully saturated rings. The van der Waals surface area contributed by atoms with Gasteiger partial charge in [0.05, 0.1) is 24.0 Å². The zero-order valence-electron chi connectivity index (χ0n) is 18.4. The summed E-state index contributed by atoms with van der Waals surface area (Å²) in [6.07, 6.45) is 0.258. The van der Waals surface area contributed by atoms with Crippen LogP contribution in [0.1, 0.15) is 35.9 Å². The lowest BCUT2D eigenvalue weighted by atomic mass is 10.1. The van der Waals surface area contributed by atoms with E-state index in [1.807, 2.05) is 16.8 Å². The average molecular weight is 492 g/mol. The molecule has 34 heavy (non-hydrogen) atoms. The number of pyridine rings is 1. The van der Waals surface area contributed by atoms with Crippen LogP contribution < -0.4 is 4.74 Å². The van der Waals surface area contributed by atoms with Crippen LogP contribution in [0.2, 0.25) is 0 Å². The fourth-order valence-electron chi connectivity index (χ4n) is 3.56. The zero-order valence-corrected chi connectivity index (χ0v) is 19.2. The van der Waals surface area contributed by atoms with E-state index in [9.17, 15) is 13.2 Å². The lowest BCUT2D eigenvalue weighted by Crippen LogP contribution is -2.16. The Morgan fingerprint density at radius 1 is 1.15 bits per heavy atom. The number of rotatable bonds is 9. The van der Waals surface area contributed by atoms with E-state index in [0.29, 0.717) is 22.9 Å². The number of aliphatic hydroxyl groups excluding tert-OH is 1. The highest BCUT2D eigenvalue weighted by Gasteiger charge is 2.30. The number of fused-ring (bicyclic) bond motifs is 1. The van der Waals surface area contributed by atoms with Gasteiger partial charge in [-0.2, -0.15) is 13.2 Å². The van der Waals surface area contributed by atoms with Crippen LogP contribution in [-0.2, 0) is 19.1 Å². The molecule has 180 valence electrons. The van der Waals surface area contributed by atoms with Gasteiger partial charge in [0.2, 0.25) is 0 Å². The number of thiazole rings is 1. The van der Waals surface area contributed by atoms with Crippen LogP contribution in [0.25, 0.3) is 21.6 Å². The molecule has 0 aliphatic heterocycles. The van der Waals surface area contributed by atoms with Crippen molar-refractivity contribution >= 4 is 22.4 Å². The molecule has 4 aromatic rings. The Morgan fingerprint density at radius 3 is 2.59 bits per heavy atom. The average Bonchev–Trinajstić information content (AvgIpc) is 3.40. The van der Waals surface area contributed by atoms with Crippen LogP contribution in [0.3, 0.4) is 0 Å². The fraction of sp³-hybridized carbons (Fsp3) is 0.333. The second-order valence-corrected chi connectivity index (χ2v) is 8.97. The maximum atomic E-state index is 12.9. The number of hydrogen-bond acceptors (Lipinski definition) is 6. The highest BCUT2D eigenvalue weighted by atomic mass is 32.1. The van der Waals surface area contributed by atoms with Gasteiger partial charge in [-0.25, -0.2) is 9.97 Å². The maximum absolute atomic E-state index is 12.9. The molecule has 0 saturated carbocycles. The molecule has 1 aromatic carbocycles. The number of aromatic nitrogens is 3. The minimum atomic E-state index is -4.37. The van der Waals surface area contributed by atoms with Crippen molar-refractivity contribution in [2.75, 3.05) is 6.61 Å². The summed E-state index contributed by atoms with van der Waals surface area (Å²) in [4.78, 5) is 10.3. The summed E-state index contributed by atoms with van der Waals surface area (Å²) in [5, 5.41) is 19.5. The first-order chi connectivity index (χ1) is 16.2. The molecule has 0 amide bonds. The fourth-order valence-corrected chi connectivity index (χ4v) is 4.67. The Kier molecular flexibility index (Phi) is 7.20. The predicted molar refractivity (Wildman–Crippen MR) is 124 cm³/mol. The van der Waals surface area contributed by atoms with Crippen molar-refractivity contribution in [1.29, 1.82) is 0 Å². The van der Waals surface area contributed by atoms with Gasteiger partial charge in [0.1, 0.15) is 23.0 Å². The monoisotopic (exact) mass is 491 g/mol. The quantitative estimate of drug-likeness (QED) is 0.312. The van der Waals surface area contributed by atoms with Crippen LogP contribution in [-0.4, -0.2) is 37.6 Å². The van der Waals surface area contributed by atoms with Gasteiger partial charge in [0.25, 0.3) is 0 Å². The Labute approximate surface area is 198 Å². The number of aliphatic hydroxyl groups is 2. The van der Waals surface area contributed by atoms with Gasteiger partial charge in [-0.05, 0) is 37.1 Å². The van der Waals surface area contributed by atoms with Crippen molar-refractivity contribution in [3.63, 3.8) is 0 Å². The van der Waals surface area contributed by atoms with E-state index in [2.05, 4.69) is 11.9 Å². The Bertz CT molecular complexity index is 1250. The summed E-state index contributed by atoms with van der Waals surface area (Å²) >= 11 is 1.48. The largest absolute Gasteiger partial charge is 0.487 e. The first kappa shape index (κ1) is 24.2. The Hall–Kier alpha value is -2.95. The van der Waals surface area contributed by atoms with E-state index in [-0.39, 0.29) is 6.61 Å². The molecule has 3 aromatic heterocycles. The van der Waals surface area contributed by atoms with Crippen LogP contribution in [0.4, 0.5) is 13.2 Å². The van der Waals surface area contributed by atoms with E-state index in [1.165, 1.54) is 29.7 Å². The Balaban J connectivity index is 1.61. The summed E-state index contributed by atoms with van der Waals surface area (Å²) in [5.41, 5.74) is 1.66. The van der Waals surface area contributed by atoms with Crippen LogP contribution in [0.15, 0.2) is 48.8 Å². The van der Waals surface area contributed by atoms with Crippen LogP contribution >= 0.6 is 11.3 Å². The topological polar surface area (TPSA) is 80.4 Å². The Morgan fingerprint density at radius 2 is 1.91 bits per heavy atom. The van der Waals surface area contributed by atoms with E-state index in [0.717, 1.165) is 53.0 Å². The van der Waals surface area contributed by atoms with Crippen molar-refractivity contribution in [1.82, 2.24) is 14.5 Å². The standard InChI is InChI=1S/C24H24F3N3O3S/c1-2-3-4-19-20(34-23(29-19)15-5-7-17(8-6-15)24(25,26)27)13-30-10-9-16-11-18(12-28-22(16)30)33-14-21(31)32/h5-12,21,31-32H,2-4,13-14H2,1H3. The number of halogens is 3. The summed E-state index contributed by atoms with van der Waals surface area (Å²) in [5.74, 6) is 0.435. The van der Waals surface area contributed by atoms with E-state index < -0.39 is 18.0 Å². The van der Waals surface area contributed by atoms with Gasteiger partial charge in [0.15, 0.2) is 6.29 Å². The number of aryl methyl sites for hydroxylation is 1. The third kappa shape index (κ3) is 5.57. The van der Waals surface area contributed by atoms with Crippen molar-refractivity contribution < 1.29 is 28.1 Å². The van der Waals surface area contributed by atoms with Gasteiger partial charge in [-0.15, -0.1) is 11.3 Å². The molecule has 0 aliphatic carbocycles. The number of benzene rings is 1. The zero-order chi connectivity index (χ0) is 24.3. The molecule has 2 N–H and O–H groups in total. The molecule has 3 heterocycles. The van der Waals surface area contributed by atoms with Crippen molar-refractivity contribution in [2.45, 2.75) is 45.2 Å². The van der Waals surface area contributed by atoms with Crippen molar-refractivity contribution in [2.24, 2.45) is 0 Å². The molecular weight excluding hydrogens is 467 g/mol. The normalized spacial score (nSPS) is 12.1. The lowest BCUT2D eigenvalue weighted by Gasteiger charge is -2.08. The molecule has 0 unspecified atom stereocenters. The second kappa shape index (κ2) is 10.1. The van der Waals surface area contributed by atoms with E-state index in [4.69, 9.17) is 19.9 Å². The smallest absolute Gasteiger partial charge is 0.416 e. The molecule has 0 bridgehead atoms. The first-order valence-electron chi connectivity index (χ1n) is 10.8. The molecule has 10 heteroatoms. The molecular formula is C24H24F3N3O3S. The van der Waals surface area contributed by atoms with E-state index >= 15 is 0 Å². The number of ether oxygens (including phenoxy) is 1. The van der Waals surface area contributed by atoms with Gasteiger partial charge in [-0.3, -0.25) is 0 Å². The molecule has 0 saturated heterocycles. The van der Waals surface area contributed by atoms with Crippen molar-refractivity contribution in [3.8, 4) is 16.3 Å². The summed E-state index contributed by atoms with van der Waals surface area (Å²) in [7, 11) is 0. The summed E-state index contributed by atoms with van der Waals surface area (Å²) in [6.45, 7) is 2.38. The highest BCUT2D eigenvalue weighted by Crippen LogP contribution is 2.34. The van der Waals surface area contributed by atoms with Gasteiger partial charge in [0, 0.05) is 22.0 Å². The summed E-state index contributed by atoms with van der Waals surface area (Å²) in [6, 6.07) is 8.77. The number of nitrogens with zero attached hydrogens (tertiary/aromatic N) is 3. The lowest BCUT2D eigenvalue weighted by molar-refractivity contribution is -0.137. The number of unbranched alkanes of at least 4 members (excludes halogenated alkanes) is 1. The molecule has 4 rings (SSSR count). The molecule has 0 aliphatic rings. The maximum Gasteiger partial charge on any atom is 0.416 e. The molecule has 6 nitrogen and oxygen atoms in total. The molecule has 0 spiro atoms. The number of alkyl halides is 3. The molecule has 0 atom stereocenters. The van der Waals surface area contributed by atoms with Gasteiger partial charge < -0.3 is 19.5 Å². The SMILES string of the molecule is CCCCc1nc(-c2ccc(C(F)(F)F)cc2)sc1Cn1ccc2cc(OCC(O)O)cnc21. The second-order valence-electron chi connectivity index (χ2n) is 7.89. The van der Waals surface area contributed by atoms with E-state index in [1.54, 1.807) is 6.07 Å². The highest BCUT2D eigenvalue weighted by molar-refractivity contribution is 7.15. The molecule has 0 radical (unpaired) electrons. The van der Waals surface area contributed by atoms with Crippen LogP contribution in [0.5, 0.6) is 5.75 Å². The minimum Gasteiger partial charge on any atom is -0.487 e. The first-order valence-corrected chi connectivity index (χ1v) is 11.7. The predicted octanol–water partition coefficient (Wildman–Crippen LogP) is 5.26. The summed E-state index contributed by atoms with van der Waals surface area (Å²) < 4.78 is 46.0. The van der Waals surface area contributed by atoms with Crippen LogP contribution in [0, 0.1) is 0 Å². The third-order valence-corrected chi connectivity index (χ3v) is 6.43.